The molecule has 0 aliphatic carbocycles. The third kappa shape index (κ3) is 6.75. The van der Waals surface area contributed by atoms with Crippen molar-refractivity contribution < 1.29 is 40.7 Å². The van der Waals surface area contributed by atoms with Gasteiger partial charge < -0.3 is 35.9 Å². The first-order valence-corrected chi connectivity index (χ1v) is 14.6. The van der Waals surface area contributed by atoms with Crippen molar-refractivity contribution in [3.05, 3.63) is 114 Å². The second-order valence-electron chi connectivity index (χ2n) is 9.13. The quantitative estimate of drug-likeness (QED) is 0.155. The Balaban J connectivity index is 0.00000441. The first-order chi connectivity index (χ1) is 18.9. The lowest BCUT2D eigenvalue weighted by Gasteiger charge is -2.28. The maximum atomic E-state index is 13.3. The molecule has 4 aromatic carbocycles. The number of hydrogen-bond acceptors (Lipinski definition) is 5. The zero-order valence-corrected chi connectivity index (χ0v) is 25.9. The van der Waals surface area contributed by atoms with E-state index in [1.807, 2.05) is 73.7 Å². The molecule has 0 fully saturated rings. The Hall–Kier alpha value is -3.60. The molecule has 208 valence electrons. The van der Waals surface area contributed by atoms with Gasteiger partial charge >= 0.3 is 5.97 Å². The fraction of sp³-hybridized carbons (Fsp3) is 0.182. The second kappa shape index (κ2) is 14.2. The van der Waals surface area contributed by atoms with Gasteiger partial charge in [-0.3, -0.25) is 0 Å². The number of ether oxygens (including phenoxy) is 4. The van der Waals surface area contributed by atoms with Gasteiger partial charge in [-0.2, -0.15) is 0 Å². The van der Waals surface area contributed by atoms with Crippen LogP contribution in [-0.4, -0.2) is 40.6 Å². The Bertz CT molecular complexity index is 1300. The Kier molecular flexibility index (Phi) is 10.9. The highest BCUT2D eigenvalue weighted by Gasteiger charge is 2.47. The van der Waals surface area contributed by atoms with Crippen LogP contribution in [0.15, 0.2) is 103 Å². The number of methoxy groups -OCH3 is 4. The van der Waals surface area contributed by atoms with Crippen molar-refractivity contribution in [2.45, 2.75) is 6.92 Å². The Morgan fingerprint density at radius 3 is 1.32 bits per heavy atom. The van der Waals surface area contributed by atoms with Gasteiger partial charge in [-0.25, -0.2) is 4.79 Å². The molecule has 0 atom stereocenters. The Labute approximate surface area is 247 Å². The van der Waals surface area contributed by atoms with E-state index in [2.05, 4.69) is 36.4 Å². The van der Waals surface area contributed by atoms with Crippen LogP contribution in [0.3, 0.4) is 0 Å². The van der Waals surface area contributed by atoms with E-state index < -0.39 is 7.26 Å². The van der Waals surface area contributed by atoms with Gasteiger partial charge in [0, 0.05) is 0 Å². The summed E-state index contributed by atoms with van der Waals surface area (Å²) < 4.78 is 21.7. The topological polar surface area (TPSA) is 54.0 Å². The number of carbonyl (C=O) groups excluding carboxylic acids is 1. The van der Waals surface area contributed by atoms with Gasteiger partial charge in [0.1, 0.15) is 46.6 Å². The van der Waals surface area contributed by atoms with E-state index in [0.717, 1.165) is 44.3 Å². The summed E-state index contributed by atoms with van der Waals surface area (Å²) in [5.74, 6) is 1.95. The molecule has 0 aliphatic heterocycles. The number of benzene rings is 4. The molecule has 4 rings (SSSR count). The summed E-state index contributed by atoms with van der Waals surface area (Å²) in [4.78, 5) is 13.3. The van der Waals surface area contributed by atoms with Gasteiger partial charge in [0.15, 0.2) is 0 Å². The predicted octanol–water partition coefficient (Wildman–Crippen LogP) is 2.58. The van der Waals surface area contributed by atoms with E-state index in [4.69, 9.17) is 18.9 Å². The minimum absolute atomic E-state index is 0. The molecule has 0 saturated heterocycles. The number of halogens is 1. The molecule has 0 spiro atoms. The molecule has 0 aromatic heterocycles. The number of rotatable bonds is 10. The van der Waals surface area contributed by atoms with E-state index in [-0.39, 0.29) is 23.0 Å². The highest BCUT2D eigenvalue weighted by Crippen LogP contribution is 2.57. The van der Waals surface area contributed by atoms with Crippen LogP contribution >= 0.6 is 7.26 Å². The van der Waals surface area contributed by atoms with Crippen molar-refractivity contribution in [2.24, 2.45) is 0 Å². The van der Waals surface area contributed by atoms with E-state index in [9.17, 15) is 4.79 Å². The maximum absolute atomic E-state index is 13.3. The van der Waals surface area contributed by atoms with Crippen molar-refractivity contribution in [3.63, 3.8) is 0 Å². The van der Waals surface area contributed by atoms with Gasteiger partial charge in [-0.05, 0) is 91.4 Å². The van der Waals surface area contributed by atoms with E-state index in [1.54, 1.807) is 21.3 Å². The maximum Gasteiger partial charge on any atom is 0.337 e. The normalized spacial score (nSPS) is 11.3. The molecule has 40 heavy (non-hydrogen) atoms. The molecule has 0 heterocycles. The smallest absolute Gasteiger partial charge is 0.337 e. The largest absolute Gasteiger partial charge is 1.00 e. The first kappa shape index (κ1) is 30.9. The minimum Gasteiger partial charge on any atom is -1.00 e. The summed E-state index contributed by atoms with van der Waals surface area (Å²) in [5.41, 5.74) is 2.69. The number of hydrogen-bond donors (Lipinski definition) is 0. The fourth-order valence-corrected chi connectivity index (χ4v) is 8.80. The zero-order valence-electron chi connectivity index (χ0n) is 23.4. The third-order valence-corrected chi connectivity index (χ3v) is 11.2. The monoisotopic (exact) mass is 620 g/mol. The first-order valence-electron chi connectivity index (χ1n) is 12.6. The summed E-state index contributed by atoms with van der Waals surface area (Å²) in [6.45, 7) is 2.04. The molecule has 0 saturated carbocycles. The highest BCUT2D eigenvalue weighted by atomic mass is 79.9. The highest BCUT2D eigenvalue weighted by molar-refractivity contribution is 7.95. The molecule has 0 bridgehead atoms. The number of carbonyl (C=O) groups is 1. The molecule has 0 N–H and O–H groups in total. The summed E-state index contributed by atoms with van der Waals surface area (Å²) in [5, 5.41) is 3.33. The second-order valence-corrected chi connectivity index (χ2v) is 12.6. The molecule has 0 radical (unpaired) electrons. The SMILES string of the molecule is COC(=O)/C(=C/c1ccc(C)cc1)C[P+](c1ccc(OC)cc1)(c1ccc(OC)cc1)c1ccc(OC)cc1.[Br-]. The van der Waals surface area contributed by atoms with Crippen molar-refractivity contribution in [1.29, 1.82) is 0 Å². The molecule has 4 aromatic rings. The van der Waals surface area contributed by atoms with E-state index in [0.29, 0.717) is 11.7 Å². The van der Waals surface area contributed by atoms with Gasteiger partial charge in [-0.1, -0.05) is 29.8 Å². The van der Waals surface area contributed by atoms with Gasteiger partial charge in [0.05, 0.1) is 34.0 Å². The summed E-state index contributed by atoms with van der Waals surface area (Å²) in [7, 11) is 3.95. The molecule has 5 nitrogen and oxygen atoms in total. The Morgan fingerprint density at radius 2 is 1.00 bits per heavy atom. The minimum atomic E-state index is -2.45. The summed E-state index contributed by atoms with van der Waals surface area (Å²) in [6, 6.07) is 32.5. The van der Waals surface area contributed by atoms with E-state index in [1.165, 1.54) is 7.11 Å². The summed E-state index contributed by atoms with van der Waals surface area (Å²) in [6.07, 6.45) is 2.40. The van der Waals surface area contributed by atoms with Crippen LogP contribution < -0.4 is 47.1 Å². The zero-order chi connectivity index (χ0) is 27.8. The van der Waals surface area contributed by atoms with Crippen LogP contribution in [0.5, 0.6) is 17.2 Å². The standard InChI is InChI=1S/C33H34O5P.BrH/c1-24-6-8-25(9-7-24)22-26(33(34)38-5)23-39(30-16-10-27(35-2)11-17-30,31-18-12-28(36-3)13-19-31)32-20-14-29(37-4)15-21-32;/h6-22H,23H2,1-5H3;1H/q+1;/p-1/b26-22+;. The number of esters is 1. The third-order valence-electron chi connectivity index (χ3n) is 6.81. The molecule has 0 unspecified atom stereocenters. The van der Waals surface area contributed by atoms with Crippen molar-refractivity contribution in [3.8, 4) is 17.2 Å². The molecular formula is C33H34BrO5P. The molecule has 0 aliphatic rings. The van der Waals surface area contributed by atoms with E-state index >= 15 is 0 Å². The number of aryl methyl sites for hydroxylation is 1. The molecular weight excluding hydrogens is 587 g/mol. The van der Waals surface area contributed by atoms with Gasteiger partial charge in [0.2, 0.25) is 0 Å². The van der Waals surface area contributed by atoms with Crippen LogP contribution in [0.4, 0.5) is 0 Å². The Morgan fingerprint density at radius 1 is 0.625 bits per heavy atom. The lowest BCUT2D eigenvalue weighted by molar-refractivity contribution is -0.135. The van der Waals surface area contributed by atoms with Crippen molar-refractivity contribution in [2.75, 3.05) is 34.6 Å². The lowest BCUT2D eigenvalue weighted by Crippen LogP contribution is -3.00. The van der Waals surface area contributed by atoms with Crippen molar-refractivity contribution in [1.82, 2.24) is 0 Å². The van der Waals surface area contributed by atoms with Gasteiger partial charge in [0.25, 0.3) is 0 Å². The lowest BCUT2D eigenvalue weighted by atomic mass is 10.1. The van der Waals surface area contributed by atoms with Gasteiger partial charge in [-0.15, -0.1) is 0 Å². The fourth-order valence-electron chi connectivity index (χ4n) is 4.65. The van der Waals surface area contributed by atoms with Crippen LogP contribution in [0.25, 0.3) is 6.08 Å². The summed E-state index contributed by atoms with van der Waals surface area (Å²) >= 11 is 0. The van der Waals surface area contributed by atoms with Crippen LogP contribution in [0, 0.1) is 6.92 Å². The molecule has 0 amide bonds. The molecule has 7 heteroatoms. The van der Waals surface area contributed by atoms with Crippen molar-refractivity contribution >= 4 is 35.2 Å². The van der Waals surface area contributed by atoms with Crippen LogP contribution in [-0.2, 0) is 9.53 Å². The van der Waals surface area contributed by atoms with Crippen LogP contribution in [0.2, 0.25) is 0 Å². The average Bonchev–Trinajstić information content (AvgIpc) is 3.00. The predicted molar refractivity (Wildman–Crippen MR) is 161 cm³/mol. The van der Waals surface area contributed by atoms with Crippen LogP contribution in [0.1, 0.15) is 11.1 Å². The average molecular weight is 622 g/mol.